The molecule has 0 saturated carbocycles. The predicted octanol–water partition coefficient (Wildman–Crippen LogP) is 2.88. The number of hydrogen-bond acceptors (Lipinski definition) is 2. The van der Waals surface area contributed by atoms with E-state index in [0.29, 0.717) is 6.07 Å². The average Bonchev–Trinajstić information content (AvgIpc) is 2.07. The van der Waals surface area contributed by atoms with E-state index in [2.05, 4.69) is 0 Å². The number of carboxylic acid groups (broad SMARTS) is 1. The molecule has 1 rings (SSSR count). The zero-order valence-electron chi connectivity index (χ0n) is 9.17. The van der Waals surface area contributed by atoms with Crippen molar-refractivity contribution >= 4 is 14.3 Å². The summed E-state index contributed by atoms with van der Waals surface area (Å²) >= 11 is 0. The Morgan fingerprint density at radius 2 is 1.88 bits per heavy atom. The van der Waals surface area contributed by atoms with Crippen molar-refractivity contribution in [2.45, 2.75) is 19.6 Å². The quantitative estimate of drug-likeness (QED) is 0.834. The van der Waals surface area contributed by atoms with Gasteiger partial charge in [0.05, 0.1) is 0 Å². The van der Waals surface area contributed by atoms with Gasteiger partial charge >= 0.3 is 5.97 Å². The van der Waals surface area contributed by atoms with Crippen LogP contribution in [0.3, 0.4) is 0 Å². The van der Waals surface area contributed by atoms with E-state index in [1.54, 1.807) is 19.6 Å². The van der Waals surface area contributed by atoms with E-state index in [4.69, 9.17) is 9.53 Å². The molecular weight excluding hydrogens is 234 g/mol. The standard InChI is InChI=1S/C10H12F2O3Si/c1-16(2,3)15-9-7(10(13)14)4-6(11)5-8(9)12/h4-5H,1-3H3,(H,13,14). The fourth-order valence-electron chi connectivity index (χ4n) is 1.13. The average molecular weight is 246 g/mol. The van der Waals surface area contributed by atoms with Gasteiger partial charge in [-0.3, -0.25) is 0 Å². The summed E-state index contributed by atoms with van der Waals surface area (Å²) in [6, 6.07) is 1.36. The maximum Gasteiger partial charge on any atom is 0.339 e. The van der Waals surface area contributed by atoms with Crippen LogP contribution in [0.4, 0.5) is 8.78 Å². The molecule has 0 bridgehead atoms. The monoisotopic (exact) mass is 246 g/mol. The lowest BCUT2D eigenvalue weighted by atomic mass is 10.2. The van der Waals surface area contributed by atoms with Crippen LogP contribution in [0.5, 0.6) is 5.75 Å². The molecule has 0 amide bonds. The zero-order valence-corrected chi connectivity index (χ0v) is 10.2. The van der Waals surface area contributed by atoms with Crippen molar-refractivity contribution in [3.63, 3.8) is 0 Å². The first-order valence-corrected chi connectivity index (χ1v) is 8.03. The summed E-state index contributed by atoms with van der Waals surface area (Å²) in [5.41, 5.74) is -0.486. The summed E-state index contributed by atoms with van der Waals surface area (Å²) < 4.78 is 31.5. The van der Waals surface area contributed by atoms with Crippen molar-refractivity contribution in [1.82, 2.24) is 0 Å². The lowest BCUT2D eigenvalue weighted by Crippen LogP contribution is -2.30. The molecule has 0 unspecified atom stereocenters. The summed E-state index contributed by atoms with van der Waals surface area (Å²) in [5.74, 6) is -3.71. The Labute approximate surface area is 92.8 Å². The van der Waals surface area contributed by atoms with E-state index < -0.39 is 31.5 Å². The highest BCUT2D eigenvalue weighted by molar-refractivity contribution is 6.70. The molecule has 1 aromatic carbocycles. The van der Waals surface area contributed by atoms with Crippen LogP contribution in [-0.4, -0.2) is 19.4 Å². The Morgan fingerprint density at radius 1 is 1.31 bits per heavy atom. The van der Waals surface area contributed by atoms with Gasteiger partial charge in [-0.25, -0.2) is 13.6 Å². The first-order valence-electron chi connectivity index (χ1n) is 4.62. The van der Waals surface area contributed by atoms with Crippen molar-refractivity contribution in [2.75, 3.05) is 0 Å². The molecule has 1 N–H and O–H groups in total. The van der Waals surface area contributed by atoms with Crippen LogP contribution in [0.1, 0.15) is 10.4 Å². The summed E-state index contributed by atoms with van der Waals surface area (Å²) in [6.07, 6.45) is 0. The summed E-state index contributed by atoms with van der Waals surface area (Å²) in [6.45, 7) is 5.34. The van der Waals surface area contributed by atoms with Gasteiger partial charge in [-0.2, -0.15) is 0 Å². The Kier molecular flexibility index (Phi) is 3.32. The molecule has 0 aliphatic rings. The highest BCUT2D eigenvalue weighted by Crippen LogP contribution is 2.27. The third-order valence-corrected chi connectivity index (χ3v) is 2.46. The lowest BCUT2D eigenvalue weighted by Gasteiger charge is -2.21. The highest BCUT2D eigenvalue weighted by Gasteiger charge is 2.24. The van der Waals surface area contributed by atoms with E-state index in [1.165, 1.54) is 0 Å². The first kappa shape index (κ1) is 12.6. The van der Waals surface area contributed by atoms with Gasteiger partial charge in [0.1, 0.15) is 11.4 Å². The summed E-state index contributed by atoms with van der Waals surface area (Å²) in [7, 11) is -2.15. The van der Waals surface area contributed by atoms with E-state index >= 15 is 0 Å². The molecule has 0 heterocycles. The molecule has 0 spiro atoms. The molecule has 0 atom stereocenters. The molecule has 0 fully saturated rings. The van der Waals surface area contributed by atoms with E-state index in [-0.39, 0.29) is 5.75 Å². The summed E-state index contributed by atoms with van der Waals surface area (Å²) in [5, 5.41) is 8.81. The van der Waals surface area contributed by atoms with Crippen LogP contribution in [0.2, 0.25) is 19.6 Å². The molecule has 0 aliphatic carbocycles. The van der Waals surface area contributed by atoms with E-state index in [0.717, 1.165) is 6.07 Å². The van der Waals surface area contributed by atoms with Crippen LogP contribution in [0, 0.1) is 11.6 Å². The second kappa shape index (κ2) is 4.21. The number of rotatable bonds is 3. The Bertz CT molecular complexity index is 427. The molecule has 1 aromatic rings. The molecule has 0 aromatic heterocycles. The largest absolute Gasteiger partial charge is 0.542 e. The van der Waals surface area contributed by atoms with Gasteiger partial charge in [0, 0.05) is 6.07 Å². The van der Waals surface area contributed by atoms with Gasteiger partial charge in [-0.15, -0.1) is 0 Å². The number of halogens is 2. The maximum absolute atomic E-state index is 13.4. The number of benzene rings is 1. The molecule has 3 nitrogen and oxygen atoms in total. The van der Waals surface area contributed by atoms with Crippen molar-refractivity contribution in [1.29, 1.82) is 0 Å². The van der Waals surface area contributed by atoms with Crippen molar-refractivity contribution < 1.29 is 23.1 Å². The Balaban J connectivity index is 3.30. The van der Waals surface area contributed by atoms with Gasteiger partial charge in [0.2, 0.25) is 8.32 Å². The normalized spacial score (nSPS) is 11.3. The molecule has 6 heteroatoms. The Hall–Kier alpha value is -1.43. The van der Waals surface area contributed by atoms with E-state index in [1.807, 2.05) is 0 Å². The van der Waals surface area contributed by atoms with Gasteiger partial charge in [0.15, 0.2) is 11.6 Å². The number of hydrogen-bond donors (Lipinski definition) is 1. The van der Waals surface area contributed by atoms with Crippen molar-refractivity contribution in [3.05, 3.63) is 29.3 Å². The first-order chi connectivity index (χ1) is 7.20. The number of aromatic carboxylic acids is 1. The predicted molar refractivity (Wildman–Crippen MR) is 57.3 cm³/mol. The smallest absolute Gasteiger partial charge is 0.339 e. The van der Waals surface area contributed by atoms with Gasteiger partial charge < -0.3 is 9.53 Å². The topological polar surface area (TPSA) is 46.5 Å². The minimum Gasteiger partial charge on any atom is -0.542 e. The van der Waals surface area contributed by atoms with Gasteiger partial charge in [-0.05, 0) is 25.7 Å². The van der Waals surface area contributed by atoms with Crippen LogP contribution >= 0.6 is 0 Å². The van der Waals surface area contributed by atoms with Crippen molar-refractivity contribution in [2.24, 2.45) is 0 Å². The van der Waals surface area contributed by atoms with Gasteiger partial charge in [-0.1, -0.05) is 0 Å². The number of carboxylic acids is 1. The molecule has 0 aliphatic heterocycles. The SMILES string of the molecule is C[Si](C)(C)Oc1c(F)cc(F)cc1C(=O)O. The van der Waals surface area contributed by atoms with Crippen LogP contribution in [0.25, 0.3) is 0 Å². The minimum absolute atomic E-state index is 0.381. The van der Waals surface area contributed by atoms with E-state index in [9.17, 15) is 13.6 Å². The summed E-state index contributed by atoms with van der Waals surface area (Å²) in [4.78, 5) is 10.8. The van der Waals surface area contributed by atoms with Crippen LogP contribution in [0.15, 0.2) is 12.1 Å². The molecular formula is C10H12F2O3Si. The zero-order chi connectivity index (χ0) is 12.5. The maximum atomic E-state index is 13.4. The fraction of sp³-hybridized carbons (Fsp3) is 0.300. The molecule has 0 radical (unpaired) electrons. The fourth-order valence-corrected chi connectivity index (χ4v) is 1.95. The van der Waals surface area contributed by atoms with Crippen LogP contribution in [-0.2, 0) is 0 Å². The lowest BCUT2D eigenvalue weighted by molar-refractivity contribution is 0.0693. The van der Waals surface area contributed by atoms with Crippen molar-refractivity contribution in [3.8, 4) is 5.75 Å². The Morgan fingerprint density at radius 3 is 2.31 bits per heavy atom. The van der Waals surface area contributed by atoms with Gasteiger partial charge in [0.25, 0.3) is 0 Å². The van der Waals surface area contributed by atoms with Crippen LogP contribution < -0.4 is 4.43 Å². The molecule has 16 heavy (non-hydrogen) atoms. The minimum atomic E-state index is -2.15. The third-order valence-electron chi connectivity index (χ3n) is 1.65. The second-order valence-electron chi connectivity index (χ2n) is 4.28. The highest BCUT2D eigenvalue weighted by atomic mass is 28.4. The molecule has 0 saturated heterocycles. The second-order valence-corrected chi connectivity index (χ2v) is 8.71. The number of carbonyl (C=O) groups is 1. The third kappa shape index (κ3) is 3.03. The molecule has 88 valence electrons.